The molecule has 1 aromatic heterocycles. The molecule has 1 N–H and O–H groups in total. The van der Waals surface area contributed by atoms with E-state index in [2.05, 4.69) is 15.3 Å². The van der Waals surface area contributed by atoms with Gasteiger partial charge in [-0.25, -0.2) is 9.97 Å². The molecule has 0 unspecified atom stereocenters. The Morgan fingerprint density at radius 2 is 2.13 bits per heavy atom. The Balaban J connectivity index is 2.62. The van der Waals surface area contributed by atoms with Crippen molar-refractivity contribution < 1.29 is 0 Å². The van der Waals surface area contributed by atoms with Crippen molar-refractivity contribution in [3.63, 3.8) is 0 Å². The van der Waals surface area contributed by atoms with E-state index in [1.54, 1.807) is 0 Å². The van der Waals surface area contributed by atoms with Crippen LogP contribution >= 0.6 is 11.6 Å². The van der Waals surface area contributed by atoms with Crippen LogP contribution in [0.5, 0.6) is 0 Å². The third kappa shape index (κ3) is 2.08. The Morgan fingerprint density at radius 1 is 1.33 bits per heavy atom. The van der Waals surface area contributed by atoms with Crippen LogP contribution in [-0.2, 0) is 6.54 Å². The van der Waals surface area contributed by atoms with Gasteiger partial charge in [-0.3, -0.25) is 0 Å². The minimum atomic E-state index is 0.680. The van der Waals surface area contributed by atoms with Crippen molar-refractivity contribution in [3.05, 3.63) is 34.7 Å². The normalized spacial score (nSPS) is 10.9. The van der Waals surface area contributed by atoms with Crippen LogP contribution < -0.4 is 5.32 Å². The highest BCUT2D eigenvalue weighted by atomic mass is 35.5. The molecule has 0 aliphatic carbocycles. The highest BCUT2D eigenvalue weighted by Crippen LogP contribution is 2.19. The van der Waals surface area contributed by atoms with E-state index in [9.17, 15) is 0 Å². The average Bonchev–Trinajstić information content (AvgIpc) is 2.20. The van der Waals surface area contributed by atoms with Crippen molar-refractivity contribution in [1.82, 2.24) is 15.3 Å². The summed E-state index contributed by atoms with van der Waals surface area (Å²) < 4.78 is 0. The number of hydrogen-bond donors (Lipinski definition) is 1. The van der Waals surface area contributed by atoms with Gasteiger partial charge in [-0.15, -0.1) is 0 Å². The zero-order valence-corrected chi connectivity index (χ0v) is 9.47. The predicted molar refractivity (Wildman–Crippen MR) is 62.0 cm³/mol. The van der Waals surface area contributed by atoms with Gasteiger partial charge in [0.2, 0.25) is 0 Å². The van der Waals surface area contributed by atoms with Gasteiger partial charge in [0, 0.05) is 16.1 Å². The van der Waals surface area contributed by atoms with E-state index in [1.165, 1.54) is 0 Å². The fourth-order valence-electron chi connectivity index (χ4n) is 1.55. The maximum Gasteiger partial charge on any atom is 0.143 e. The van der Waals surface area contributed by atoms with Gasteiger partial charge in [-0.2, -0.15) is 0 Å². The number of nitrogens with zero attached hydrogens (tertiary/aromatic N) is 2. The molecule has 0 aliphatic rings. The molecule has 2 aromatic rings. The molecule has 15 heavy (non-hydrogen) atoms. The molecule has 78 valence electrons. The lowest BCUT2D eigenvalue weighted by Gasteiger charge is -2.05. The van der Waals surface area contributed by atoms with Gasteiger partial charge in [0.25, 0.3) is 0 Å². The fourth-order valence-corrected chi connectivity index (χ4v) is 1.72. The zero-order chi connectivity index (χ0) is 10.8. The lowest BCUT2D eigenvalue weighted by Crippen LogP contribution is -2.09. The molecule has 4 heteroatoms. The number of halogens is 1. The molecule has 0 saturated heterocycles. The van der Waals surface area contributed by atoms with Crippen LogP contribution in [0.1, 0.15) is 11.5 Å². The fraction of sp³-hybridized carbons (Fsp3) is 0.273. The predicted octanol–water partition coefficient (Wildman–Crippen LogP) is 2.31. The first-order chi connectivity index (χ1) is 7.20. The molecule has 0 radical (unpaired) electrons. The van der Waals surface area contributed by atoms with Crippen molar-refractivity contribution in [2.24, 2.45) is 0 Å². The van der Waals surface area contributed by atoms with Gasteiger partial charge in [0.15, 0.2) is 0 Å². The zero-order valence-electron chi connectivity index (χ0n) is 8.71. The summed E-state index contributed by atoms with van der Waals surface area (Å²) in [4.78, 5) is 8.83. The van der Waals surface area contributed by atoms with Crippen molar-refractivity contribution in [2.45, 2.75) is 13.5 Å². The molecular weight excluding hydrogens is 210 g/mol. The Hall–Kier alpha value is -1.19. The van der Waals surface area contributed by atoms with Crippen molar-refractivity contribution in [1.29, 1.82) is 0 Å². The van der Waals surface area contributed by atoms with Crippen molar-refractivity contribution in [3.8, 4) is 0 Å². The van der Waals surface area contributed by atoms with Gasteiger partial charge >= 0.3 is 0 Å². The molecule has 0 fully saturated rings. The summed E-state index contributed by atoms with van der Waals surface area (Å²) in [6.45, 7) is 2.65. The first-order valence-corrected chi connectivity index (χ1v) is 5.16. The molecule has 1 aromatic carbocycles. The summed E-state index contributed by atoms with van der Waals surface area (Å²) in [5.41, 5.74) is 1.91. The Bertz CT molecular complexity index is 496. The number of rotatable bonds is 2. The molecular formula is C11H12ClN3. The van der Waals surface area contributed by atoms with Gasteiger partial charge < -0.3 is 5.32 Å². The van der Waals surface area contributed by atoms with Gasteiger partial charge in [-0.1, -0.05) is 11.6 Å². The summed E-state index contributed by atoms with van der Waals surface area (Å²) in [6, 6.07) is 5.67. The SMILES string of the molecule is CNCc1nc(C)c2cc(Cl)ccc2n1. The number of nitrogens with one attached hydrogen (secondary N) is 1. The topological polar surface area (TPSA) is 37.8 Å². The number of benzene rings is 1. The highest BCUT2D eigenvalue weighted by Gasteiger charge is 2.04. The second-order valence-electron chi connectivity index (χ2n) is 3.42. The van der Waals surface area contributed by atoms with Crippen LogP contribution in [-0.4, -0.2) is 17.0 Å². The van der Waals surface area contributed by atoms with Gasteiger partial charge in [0.05, 0.1) is 12.1 Å². The van der Waals surface area contributed by atoms with E-state index in [4.69, 9.17) is 11.6 Å². The maximum atomic E-state index is 5.92. The lowest BCUT2D eigenvalue weighted by molar-refractivity contribution is 0.760. The molecule has 0 spiro atoms. The molecule has 0 amide bonds. The number of aryl methyl sites for hydroxylation is 1. The summed E-state index contributed by atoms with van der Waals surface area (Å²) >= 11 is 5.92. The molecule has 1 heterocycles. The Morgan fingerprint density at radius 3 is 2.87 bits per heavy atom. The minimum absolute atomic E-state index is 0.680. The van der Waals surface area contributed by atoms with Gasteiger partial charge in [-0.05, 0) is 32.2 Å². The monoisotopic (exact) mass is 221 g/mol. The second-order valence-corrected chi connectivity index (χ2v) is 3.85. The third-order valence-corrected chi connectivity index (χ3v) is 2.46. The maximum absolute atomic E-state index is 5.92. The van der Waals surface area contributed by atoms with E-state index < -0.39 is 0 Å². The standard InChI is InChI=1S/C11H12ClN3/c1-7-9-5-8(12)3-4-10(9)15-11(14-7)6-13-2/h3-5,13H,6H2,1-2H3. The Kier molecular flexibility index (Phi) is 2.84. The van der Waals surface area contributed by atoms with Crippen LogP contribution in [0.3, 0.4) is 0 Å². The van der Waals surface area contributed by atoms with E-state index in [-0.39, 0.29) is 0 Å². The first-order valence-electron chi connectivity index (χ1n) is 4.78. The summed E-state index contributed by atoms with van der Waals surface area (Å²) in [7, 11) is 1.88. The van der Waals surface area contributed by atoms with E-state index in [0.717, 1.165) is 27.4 Å². The molecule has 0 saturated carbocycles. The van der Waals surface area contributed by atoms with E-state index >= 15 is 0 Å². The summed E-state index contributed by atoms with van der Waals surface area (Å²) in [5, 5.41) is 4.77. The lowest BCUT2D eigenvalue weighted by atomic mass is 10.2. The number of aromatic nitrogens is 2. The van der Waals surface area contributed by atoms with Crippen molar-refractivity contribution >= 4 is 22.5 Å². The molecule has 0 aliphatic heterocycles. The Labute approximate surface area is 93.5 Å². The van der Waals surface area contributed by atoms with Crippen LogP contribution in [0, 0.1) is 6.92 Å². The third-order valence-electron chi connectivity index (χ3n) is 2.23. The largest absolute Gasteiger partial charge is 0.313 e. The second kappa shape index (κ2) is 4.13. The van der Waals surface area contributed by atoms with E-state index in [0.29, 0.717) is 6.54 Å². The number of fused-ring (bicyclic) bond motifs is 1. The first kappa shape index (κ1) is 10.3. The van der Waals surface area contributed by atoms with Crippen LogP contribution in [0.15, 0.2) is 18.2 Å². The summed E-state index contributed by atoms with van der Waals surface area (Å²) in [5.74, 6) is 0.810. The van der Waals surface area contributed by atoms with Crippen LogP contribution in [0.2, 0.25) is 5.02 Å². The van der Waals surface area contributed by atoms with E-state index in [1.807, 2.05) is 32.2 Å². The molecule has 0 bridgehead atoms. The van der Waals surface area contributed by atoms with Crippen LogP contribution in [0.25, 0.3) is 10.9 Å². The number of hydrogen-bond acceptors (Lipinski definition) is 3. The van der Waals surface area contributed by atoms with Gasteiger partial charge in [0.1, 0.15) is 5.82 Å². The van der Waals surface area contributed by atoms with Crippen LogP contribution in [0.4, 0.5) is 0 Å². The average molecular weight is 222 g/mol. The smallest absolute Gasteiger partial charge is 0.143 e. The van der Waals surface area contributed by atoms with Crippen molar-refractivity contribution in [2.75, 3.05) is 7.05 Å². The molecule has 0 atom stereocenters. The molecule has 3 nitrogen and oxygen atoms in total. The molecule has 2 rings (SSSR count). The summed E-state index contributed by atoms with van der Waals surface area (Å²) in [6.07, 6.45) is 0. The quantitative estimate of drug-likeness (QED) is 0.846. The minimum Gasteiger partial charge on any atom is -0.313 e. The highest BCUT2D eigenvalue weighted by molar-refractivity contribution is 6.31.